The first-order valence-electron chi connectivity index (χ1n) is 9.47. The van der Waals surface area contributed by atoms with Crippen LogP contribution >= 0.6 is 11.6 Å². The molecule has 0 saturated carbocycles. The normalized spacial score (nSPS) is 14.3. The van der Waals surface area contributed by atoms with Crippen LogP contribution in [0.4, 0.5) is 11.4 Å². The molecule has 0 radical (unpaired) electrons. The van der Waals surface area contributed by atoms with Crippen LogP contribution in [0.1, 0.15) is 17.3 Å². The van der Waals surface area contributed by atoms with Crippen molar-refractivity contribution in [2.45, 2.75) is 6.92 Å². The number of rotatable bonds is 5. The van der Waals surface area contributed by atoms with E-state index in [4.69, 9.17) is 11.6 Å². The molecule has 0 bridgehead atoms. The average Bonchev–Trinajstić information content (AvgIpc) is 2.70. The number of amides is 3. The van der Waals surface area contributed by atoms with Crippen molar-refractivity contribution in [3.8, 4) is 0 Å². The number of nitrogens with zero attached hydrogens (tertiary/aromatic N) is 1. The molecule has 1 heterocycles. The van der Waals surface area contributed by atoms with Crippen LogP contribution in [0, 0.1) is 0 Å². The molecule has 0 atom stereocenters. The predicted molar refractivity (Wildman–Crippen MR) is 112 cm³/mol. The second-order valence-corrected chi connectivity index (χ2v) is 7.41. The highest BCUT2D eigenvalue weighted by molar-refractivity contribution is 6.33. The fourth-order valence-corrected chi connectivity index (χ4v) is 3.45. The summed E-state index contributed by atoms with van der Waals surface area (Å²) in [6, 6.07) is 14.0. The van der Waals surface area contributed by atoms with Crippen LogP contribution in [0.15, 0.2) is 48.5 Å². The zero-order valence-electron chi connectivity index (χ0n) is 16.2. The Kier molecular flexibility index (Phi) is 6.85. The topological polar surface area (TPSA) is 83.0 Å². The zero-order valence-corrected chi connectivity index (χ0v) is 17.0. The molecular weight excluding hydrogens is 392 g/mol. The van der Waals surface area contributed by atoms with E-state index in [0.717, 1.165) is 4.90 Å². The summed E-state index contributed by atoms with van der Waals surface area (Å²) >= 11 is 6.07. The lowest BCUT2D eigenvalue weighted by Crippen LogP contribution is -3.15. The molecule has 3 amide bonds. The molecule has 0 spiro atoms. The third-order valence-electron chi connectivity index (χ3n) is 4.77. The molecule has 1 fully saturated rings. The molecule has 7 nitrogen and oxygen atoms in total. The maximum absolute atomic E-state index is 12.7. The SMILES string of the molecule is CC(=O)Nc1ccc(C(=O)N2CC[NH+](CC(=O)Nc3ccccc3Cl)CC2)cc1. The molecule has 8 heteroatoms. The monoisotopic (exact) mass is 415 g/mol. The molecule has 0 aliphatic carbocycles. The van der Waals surface area contributed by atoms with Gasteiger partial charge in [-0.05, 0) is 36.4 Å². The highest BCUT2D eigenvalue weighted by Gasteiger charge is 2.26. The van der Waals surface area contributed by atoms with Crippen LogP contribution in [-0.2, 0) is 9.59 Å². The van der Waals surface area contributed by atoms with Crippen LogP contribution in [-0.4, -0.2) is 55.3 Å². The van der Waals surface area contributed by atoms with Crippen molar-refractivity contribution in [1.82, 2.24) is 4.90 Å². The smallest absolute Gasteiger partial charge is 0.279 e. The predicted octanol–water partition coefficient (Wildman–Crippen LogP) is 1.28. The Morgan fingerprint density at radius 2 is 1.66 bits per heavy atom. The molecule has 3 N–H and O–H groups in total. The van der Waals surface area contributed by atoms with Gasteiger partial charge in [0.1, 0.15) is 0 Å². The van der Waals surface area contributed by atoms with Gasteiger partial charge in [0.15, 0.2) is 6.54 Å². The van der Waals surface area contributed by atoms with Crippen LogP contribution < -0.4 is 15.5 Å². The minimum absolute atomic E-state index is 0.0426. The highest BCUT2D eigenvalue weighted by atomic mass is 35.5. The lowest BCUT2D eigenvalue weighted by atomic mass is 10.1. The van der Waals surface area contributed by atoms with Crippen molar-refractivity contribution < 1.29 is 19.3 Å². The fraction of sp³-hybridized carbons (Fsp3) is 0.286. The number of hydrogen-bond acceptors (Lipinski definition) is 3. The minimum Gasteiger partial charge on any atom is -0.327 e. The van der Waals surface area contributed by atoms with Gasteiger partial charge in [-0.1, -0.05) is 23.7 Å². The number of quaternary nitrogens is 1. The van der Waals surface area contributed by atoms with E-state index in [9.17, 15) is 14.4 Å². The van der Waals surface area contributed by atoms with Gasteiger partial charge in [0.05, 0.1) is 36.9 Å². The second-order valence-electron chi connectivity index (χ2n) is 7.01. The molecule has 0 unspecified atom stereocenters. The Bertz CT molecular complexity index is 893. The number of benzene rings is 2. The Balaban J connectivity index is 1.48. The number of carbonyl (C=O) groups is 3. The van der Waals surface area contributed by atoms with E-state index in [2.05, 4.69) is 10.6 Å². The standard InChI is InChI=1S/C21H23ClN4O3/c1-15(27)23-17-8-6-16(7-9-17)21(29)26-12-10-25(11-13-26)14-20(28)24-19-5-3-2-4-18(19)22/h2-9H,10-14H2,1H3,(H,23,27)(H,24,28)/p+1. The van der Waals surface area contributed by atoms with Crippen molar-refractivity contribution in [1.29, 1.82) is 0 Å². The molecule has 2 aromatic rings. The lowest BCUT2D eigenvalue weighted by Gasteiger charge is -2.32. The molecule has 0 aromatic heterocycles. The van der Waals surface area contributed by atoms with E-state index >= 15 is 0 Å². The summed E-state index contributed by atoms with van der Waals surface area (Å²) in [5, 5.41) is 6.03. The van der Waals surface area contributed by atoms with Gasteiger partial charge in [0.25, 0.3) is 11.8 Å². The third-order valence-corrected chi connectivity index (χ3v) is 5.10. The maximum Gasteiger partial charge on any atom is 0.279 e. The lowest BCUT2D eigenvalue weighted by molar-refractivity contribution is -0.895. The largest absolute Gasteiger partial charge is 0.327 e. The van der Waals surface area contributed by atoms with E-state index in [1.807, 2.05) is 12.1 Å². The van der Waals surface area contributed by atoms with Crippen LogP contribution in [0.25, 0.3) is 0 Å². The summed E-state index contributed by atoms with van der Waals surface area (Å²) in [5.41, 5.74) is 1.85. The van der Waals surface area contributed by atoms with E-state index in [-0.39, 0.29) is 17.7 Å². The van der Waals surface area contributed by atoms with E-state index in [1.54, 1.807) is 41.3 Å². The second kappa shape index (κ2) is 9.54. The summed E-state index contributed by atoms with van der Waals surface area (Å²) < 4.78 is 0. The Labute approximate surface area is 174 Å². The summed E-state index contributed by atoms with van der Waals surface area (Å²) in [7, 11) is 0. The maximum atomic E-state index is 12.7. The van der Waals surface area contributed by atoms with Gasteiger partial charge in [0, 0.05) is 18.2 Å². The Morgan fingerprint density at radius 1 is 1.00 bits per heavy atom. The van der Waals surface area contributed by atoms with Gasteiger partial charge in [-0.25, -0.2) is 0 Å². The Morgan fingerprint density at radius 3 is 2.28 bits per heavy atom. The number of piperazine rings is 1. The number of anilines is 2. The summed E-state index contributed by atoms with van der Waals surface area (Å²) in [6.07, 6.45) is 0. The number of para-hydroxylation sites is 1. The number of carbonyl (C=O) groups excluding carboxylic acids is 3. The first kappa shape index (κ1) is 20.8. The third kappa shape index (κ3) is 5.79. The van der Waals surface area contributed by atoms with E-state index < -0.39 is 0 Å². The van der Waals surface area contributed by atoms with Crippen molar-refractivity contribution in [3.63, 3.8) is 0 Å². The summed E-state index contributed by atoms with van der Waals surface area (Å²) in [5.74, 6) is -0.290. The van der Waals surface area contributed by atoms with E-state index in [1.165, 1.54) is 6.92 Å². The van der Waals surface area contributed by atoms with Gasteiger partial charge in [0.2, 0.25) is 5.91 Å². The summed E-state index contributed by atoms with van der Waals surface area (Å²) in [6.45, 7) is 4.34. The van der Waals surface area contributed by atoms with E-state index in [0.29, 0.717) is 54.7 Å². The van der Waals surface area contributed by atoms with Gasteiger partial charge >= 0.3 is 0 Å². The fourth-order valence-electron chi connectivity index (χ4n) is 3.27. The van der Waals surface area contributed by atoms with Gasteiger partial charge in [-0.15, -0.1) is 0 Å². The number of halogens is 1. The van der Waals surface area contributed by atoms with Crippen molar-refractivity contribution in [2.24, 2.45) is 0 Å². The molecule has 29 heavy (non-hydrogen) atoms. The van der Waals surface area contributed by atoms with Gasteiger partial charge in [-0.2, -0.15) is 0 Å². The first-order chi connectivity index (χ1) is 13.9. The molecule has 1 aliphatic rings. The summed E-state index contributed by atoms with van der Waals surface area (Å²) in [4.78, 5) is 39.0. The average molecular weight is 416 g/mol. The molecular formula is C21H24ClN4O3+. The molecule has 3 rings (SSSR count). The van der Waals surface area contributed by atoms with Crippen molar-refractivity contribution in [2.75, 3.05) is 43.4 Å². The molecule has 1 aliphatic heterocycles. The molecule has 2 aromatic carbocycles. The highest BCUT2D eigenvalue weighted by Crippen LogP contribution is 2.20. The Hall–Kier alpha value is -2.90. The zero-order chi connectivity index (χ0) is 20.8. The van der Waals surface area contributed by atoms with Crippen LogP contribution in [0.3, 0.4) is 0 Å². The molecule has 1 saturated heterocycles. The first-order valence-corrected chi connectivity index (χ1v) is 9.85. The van der Waals surface area contributed by atoms with Crippen molar-refractivity contribution in [3.05, 3.63) is 59.1 Å². The molecule has 152 valence electrons. The van der Waals surface area contributed by atoms with Crippen molar-refractivity contribution >= 4 is 40.7 Å². The van der Waals surface area contributed by atoms with Gasteiger partial charge < -0.3 is 20.4 Å². The number of nitrogens with one attached hydrogen (secondary N) is 3. The van der Waals surface area contributed by atoms with Crippen LogP contribution in [0.2, 0.25) is 5.02 Å². The quantitative estimate of drug-likeness (QED) is 0.688. The minimum atomic E-state index is -0.151. The van der Waals surface area contributed by atoms with Gasteiger partial charge in [-0.3, -0.25) is 14.4 Å². The van der Waals surface area contributed by atoms with Crippen LogP contribution in [0.5, 0.6) is 0 Å². The number of hydrogen-bond donors (Lipinski definition) is 3.